The number of ether oxygens (including phenoxy) is 1. The van der Waals surface area contributed by atoms with E-state index in [9.17, 15) is 5.11 Å². The molecule has 120 valence electrons. The van der Waals surface area contributed by atoms with E-state index in [-0.39, 0.29) is 19.8 Å². The molecular weight excluding hydrogens is 298 g/mol. The van der Waals surface area contributed by atoms with Crippen molar-refractivity contribution in [2.45, 2.75) is 18.2 Å². The SMILES string of the molecule is OCC(CO)(CO)NCC(O)COCc1ccccc1Cl. The summed E-state index contributed by atoms with van der Waals surface area (Å²) in [6, 6.07) is 7.26. The van der Waals surface area contributed by atoms with E-state index in [1.807, 2.05) is 18.2 Å². The Labute approximate surface area is 128 Å². The van der Waals surface area contributed by atoms with Gasteiger partial charge in [0.25, 0.3) is 0 Å². The van der Waals surface area contributed by atoms with Gasteiger partial charge >= 0.3 is 0 Å². The molecule has 21 heavy (non-hydrogen) atoms. The second-order valence-corrected chi connectivity index (χ2v) is 5.30. The van der Waals surface area contributed by atoms with E-state index in [1.165, 1.54) is 0 Å². The fraction of sp³-hybridized carbons (Fsp3) is 0.571. The molecule has 0 spiro atoms. The quantitative estimate of drug-likeness (QED) is 0.399. The fourth-order valence-corrected chi connectivity index (χ4v) is 1.82. The van der Waals surface area contributed by atoms with Crippen LogP contribution in [0.25, 0.3) is 0 Å². The van der Waals surface area contributed by atoms with Crippen LogP contribution in [0, 0.1) is 0 Å². The molecule has 0 aliphatic heterocycles. The lowest BCUT2D eigenvalue weighted by molar-refractivity contribution is 0.00437. The lowest BCUT2D eigenvalue weighted by atomic mass is 10.0. The number of halogens is 1. The second-order valence-electron chi connectivity index (χ2n) is 4.90. The van der Waals surface area contributed by atoms with Crippen LogP contribution in [0.5, 0.6) is 0 Å². The average Bonchev–Trinajstić information content (AvgIpc) is 2.51. The molecule has 6 nitrogen and oxygen atoms in total. The molecule has 0 fully saturated rings. The molecule has 1 aromatic carbocycles. The van der Waals surface area contributed by atoms with Crippen LogP contribution in [0.4, 0.5) is 0 Å². The minimum Gasteiger partial charge on any atom is -0.394 e. The van der Waals surface area contributed by atoms with Gasteiger partial charge in [-0.15, -0.1) is 0 Å². The highest BCUT2D eigenvalue weighted by atomic mass is 35.5. The van der Waals surface area contributed by atoms with E-state index in [1.54, 1.807) is 6.07 Å². The van der Waals surface area contributed by atoms with Gasteiger partial charge in [0.1, 0.15) is 0 Å². The molecule has 1 aromatic rings. The highest BCUT2D eigenvalue weighted by Crippen LogP contribution is 2.15. The Balaban J connectivity index is 2.31. The highest BCUT2D eigenvalue weighted by molar-refractivity contribution is 6.31. The summed E-state index contributed by atoms with van der Waals surface area (Å²) in [5, 5.41) is 40.5. The average molecular weight is 320 g/mol. The first-order chi connectivity index (χ1) is 10.1. The first-order valence-electron chi connectivity index (χ1n) is 6.63. The number of aliphatic hydroxyl groups excluding tert-OH is 4. The topological polar surface area (TPSA) is 102 Å². The molecule has 0 radical (unpaired) electrons. The minimum atomic E-state index is -1.20. The van der Waals surface area contributed by atoms with Gasteiger partial charge in [-0.25, -0.2) is 0 Å². The van der Waals surface area contributed by atoms with Crippen molar-refractivity contribution < 1.29 is 25.2 Å². The van der Waals surface area contributed by atoms with Gasteiger partial charge in [-0.2, -0.15) is 0 Å². The maximum Gasteiger partial charge on any atom is 0.0898 e. The summed E-state index contributed by atoms with van der Waals surface area (Å²) in [7, 11) is 0. The third kappa shape index (κ3) is 5.88. The Hall–Kier alpha value is -0.730. The summed E-state index contributed by atoms with van der Waals surface area (Å²) in [6.07, 6.45) is -0.837. The molecule has 0 aliphatic rings. The molecule has 0 saturated heterocycles. The van der Waals surface area contributed by atoms with E-state index < -0.39 is 31.5 Å². The van der Waals surface area contributed by atoms with Crippen LogP contribution in [-0.4, -0.2) is 65.0 Å². The first kappa shape index (κ1) is 18.3. The third-order valence-corrected chi connectivity index (χ3v) is 3.52. The van der Waals surface area contributed by atoms with Crippen molar-refractivity contribution in [3.05, 3.63) is 34.9 Å². The molecule has 1 atom stereocenters. The molecule has 0 heterocycles. The molecule has 0 amide bonds. The van der Waals surface area contributed by atoms with Crippen LogP contribution in [0.1, 0.15) is 5.56 Å². The van der Waals surface area contributed by atoms with Gasteiger partial charge in [0.15, 0.2) is 0 Å². The Kier molecular flexibility index (Phi) is 8.13. The van der Waals surface area contributed by atoms with E-state index in [0.717, 1.165) is 5.56 Å². The lowest BCUT2D eigenvalue weighted by Gasteiger charge is -2.29. The fourth-order valence-electron chi connectivity index (χ4n) is 1.63. The number of hydrogen-bond acceptors (Lipinski definition) is 6. The molecule has 0 bridgehead atoms. The molecule has 5 N–H and O–H groups in total. The zero-order valence-corrected chi connectivity index (χ0v) is 12.5. The molecule has 0 aliphatic carbocycles. The van der Waals surface area contributed by atoms with Gasteiger partial charge in [0, 0.05) is 11.6 Å². The predicted molar refractivity (Wildman–Crippen MR) is 79.1 cm³/mol. The number of rotatable bonds is 10. The predicted octanol–water partition coefficient (Wildman–Crippen LogP) is -0.477. The van der Waals surface area contributed by atoms with Crippen LogP contribution in [0.2, 0.25) is 5.02 Å². The van der Waals surface area contributed by atoms with Crippen LogP contribution < -0.4 is 5.32 Å². The van der Waals surface area contributed by atoms with Crippen LogP contribution in [0.3, 0.4) is 0 Å². The maximum atomic E-state index is 9.78. The van der Waals surface area contributed by atoms with Gasteiger partial charge in [-0.05, 0) is 11.6 Å². The van der Waals surface area contributed by atoms with Crippen molar-refractivity contribution in [1.29, 1.82) is 0 Å². The summed E-state index contributed by atoms with van der Waals surface area (Å²) in [5.74, 6) is 0. The van der Waals surface area contributed by atoms with Crippen molar-refractivity contribution in [3.63, 3.8) is 0 Å². The zero-order chi connectivity index (χ0) is 15.7. The highest BCUT2D eigenvalue weighted by Gasteiger charge is 2.27. The zero-order valence-electron chi connectivity index (χ0n) is 11.7. The van der Waals surface area contributed by atoms with Crippen LogP contribution in [-0.2, 0) is 11.3 Å². The van der Waals surface area contributed by atoms with E-state index in [2.05, 4.69) is 5.32 Å². The van der Waals surface area contributed by atoms with Crippen molar-refractivity contribution in [1.82, 2.24) is 5.32 Å². The van der Waals surface area contributed by atoms with Crippen molar-refractivity contribution in [2.75, 3.05) is 33.0 Å². The standard InChI is InChI=1S/C14H22ClNO5/c15-13-4-2-1-3-11(13)6-21-7-12(20)5-16-14(8-17,9-18)10-19/h1-4,12,16-20H,5-10H2. The molecular formula is C14H22ClNO5. The van der Waals surface area contributed by atoms with Crippen molar-refractivity contribution in [2.24, 2.45) is 0 Å². The molecule has 7 heteroatoms. The molecule has 1 rings (SSSR count). The van der Waals surface area contributed by atoms with Crippen molar-refractivity contribution in [3.8, 4) is 0 Å². The Morgan fingerprint density at radius 1 is 1.14 bits per heavy atom. The smallest absolute Gasteiger partial charge is 0.0898 e. The number of benzene rings is 1. The van der Waals surface area contributed by atoms with E-state index >= 15 is 0 Å². The summed E-state index contributed by atoms with van der Waals surface area (Å²) < 4.78 is 5.37. The monoisotopic (exact) mass is 319 g/mol. The summed E-state index contributed by atoms with van der Waals surface area (Å²) in [6.45, 7) is -0.893. The van der Waals surface area contributed by atoms with Gasteiger partial charge in [0.05, 0.1) is 44.7 Å². The van der Waals surface area contributed by atoms with E-state index in [0.29, 0.717) is 5.02 Å². The van der Waals surface area contributed by atoms with Crippen molar-refractivity contribution >= 4 is 11.6 Å². The van der Waals surface area contributed by atoms with Crippen LogP contribution >= 0.6 is 11.6 Å². The Morgan fingerprint density at radius 2 is 1.76 bits per heavy atom. The number of hydrogen-bond donors (Lipinski definition) is 5. The van der Waals surface area contributed by atoms with Gasteiger partial charge in [-0.1, -0.05) is 29.8 Å². The number of nitrogens with one attached hydrogen (secondary N) is 1. The van der Waals surface area contributed by atoms with Crippen LogP contribution in [0.15, 0.2) is 24.3 Å². The number of aliphatic hydroxyl groups is 4. The number of β-amino-alcohol motifs (C(OH)–C–C–N with tert-alkyl or cyclic N) is 1. The summed E-state index contributed by atoms with van der Waals surface area (Å²) >= 11 is 5.98. The molecule has 0 saturated carbocycles. The second kappa shape index (κ2) is 9.32. The summed E-state index contributed by atoms with van der Waals surface area (Å²) in [5.41, 5.74) is -0.376. The third-order valence-electron chi connectivity index (χ3n) is 3.15. The minimum absolute atomic E-state index is 0.0661. The largest absolute Gasteiger partial charge is 0.394 e. The van der Waals surface area contributed by atoms with E-state index in [4.69, 9.17) is 31.7 Å². The maximum absolute atomic E-state index is 9.78. The van der Waals surface area contributed by atoms with Gasteiger partial charge < -0.3 is 30.5 Å². The normalized spacial score (nSPS) is 13.4. The molecule has 1 unspecified atom stereocenters. The molecule has 0 aromatic heterocycles. The van der Waals surface area contributed by atoms with Gasteiger partial charge in [-0.3, -0.25) is 0 Å². The summed E-state index contributed by atoms with van der Waals surface area (Å²) in [4.78, 5) is 0. The Morgan fingerprint density at radius 3 is 2.33 bits per heavy atom. The lowest BCUT2D eigenvalue weighted by Crippen LogP contribution is -2.57. The Bertz CT molecular complexity index is 406. The first-order valence-corrected chi connectivity index (χ1v) is 7.01. The van der Waals surface area contributed by atoms with Gasteiger partial charge in [0.2, 0.25) is 0 Å².